The molecule has 1 aliphatic rings. The standard InChI is InChI=1S/C33H31N7O3/c1-39(2)32(41)23-8-13-26(14-9-23)36-33(42)35-25-11-6-22(7-12-25)30-37-29-21-24(28-5-3-4-16-34-28)10-15-27(29)31(38-30)40-17-19-43-20-18-40/h3-16,21H,17-20H2,1-2H3,(H2,35,36,42). The highest BCUT2D eigenvalue weighted by molar-refractivity contribution is 6.00. The largest absolute Gasteiger partial charge is 0.378 e. The van der Waals surface area contributed by atoms with Gasteiger partial charge in [-0.25, -0.2) is 14.8 Å². The first-order valence-corrected chi connectivity index (χ1v) is 14.0. The summed E-state index contributed by atoms with van der Waals surface area (Å²) in [6, 6.07) is 25.8. The minimum Gasteiger partial charge on any atom is -0.378 e. The summed E-state index contributed by atoms with van der Waals surface area (Å²) in [5.74, 6) is 1.36. The van der Waals surface area contributed by atoms with Gasteiger partial charge in [0.1, 0.15) is 5.82 Å². The van der Waals surface area contributed by atoms with Crippen LogP contribution < -0.4 is 15.5 Å². The molecule has 10 heteroatoms. The minimum absolute atomic E-state index is 0.0998. The van der Waals surface area contributed by atoms with Crippen molar-refractivity contribution in [3.8, 4) is 22.6 Å². The second-order valence-corrected chi connectivity index (χ2v) is 10.4. The fourth-order valence-corrected chi connectivity index (χ4v) is 4.90. The number of carbonyl (C=O) groups excluding carboxylic acids is 2. The summed E-state index contributed by atoms with van der Waals surface area (Å²) in [5, 5.41) is 6.61. The van der Waals surface area contributed by atoms with Crippen LogP contribution in [0.3, 0.4) is 0 Å². The molecule has 43 heavy (non-hydrogen) atoms. The average molecular weight is 574 g/mol. The van der Waals surface area contributed by atoms with E-state index in [0.717, 1.165) is 46.6 Å². The zero-order valence-electron chi connectivity index (χ0n) is 23.9. The van der Waals surface area contributed by atoms with Crippen molar-refractivity contribution in [2.45, 2.75) is 0 Å². The first-order valence-electron chi connectivity index (χ1n) is 14.0. The van der Waals surface area contributed by atoms with E-state index in [0.29, 0.717) is 36.0 Å². The monoisotopic (exact) mass is 573 g/mol. The molecule has 0 saturated carbocycles. The molecule has 1 fully saturated rings. The number of nitrogens with zero attached hydrogens (tertiary/aromatic N) is 5. The Labute approximate surface area is 249 Å². The number of aromatic nitrogens is 3. The molecule has 0 aliphatic carbocycles. The molecular formula is C33H31N7O3. The van der Waals surface area contributed by atoms with E-state index in [9.17, 15) is 9.59 Å². The Kier molecular flexibility index (Phi) is 7.92. The van der Waals surface area contributed by atoms with Crippen LogP contribution in [0.4, 0.5) is 22.0 Å². The predicted molar refractivity (Wildman–Crippen MR) is 168 cm³/mol. The summed E-state index contributed by atoms with van der Waals surface area (Å²) in [7, 11) is 3.39. The molecule has 0 atom stereocenters. The molecule has 2 aromatic heterocycles. The maximum absolute atomic E-state index is 12.6. The molecule has 3 aromatic carbocycles. The molecule has 2 N–H and O–H groups in total. The van der Waals surface area contributed by atoms with Gasteiger partial charge in [-0.05, 0) is 72.8 Å². The molecule has 5 aromatic rings. The molecule has 1 aliphatic heterocycles. The van der Waals surface area contributed by atoms with Crippen molar-refractivity contribution in [2.75, 3.05) is 55.9 Å². The molecular weight excluding hydrogens is 542 g/mol. The number of amides is 3. The maximum Gasteiger partial charge on any atom is 0.323 e. The van der Waals surface area contributed by atoms with Crippen molar-refractivity contribution in [3.63, 3.8) is 0 Å². The van der Waals surface area contributed by atoms with E-state index < -0.39 is 6.03 Å². The van der Waals surface area contributed by atoms with Crippen molar-refractivity contribution >= 4 is 40.0 Å². The molecule has 0 unspecified atom stereocenters. The molecule has 216 valence electrons. The summed E-state index contributed by atoms with van der Waals surface area (Å²) in [6.45, 7) is 2.79. The molecule has 6 rings (SSSR count). The zero-order valence-corrected chi connectivity index (χ0v) is 23.9. The van der Waals surface area contributed by atoms with Gasteiger partial charge in [0, 0.05) is 66.8 Å². The number of carbonyl (C=O) groups is 2. The molecule has 1 saturated heterocycles. The lowest BCUT2D eigenvalue weighted by atomic mass is 10.1. The normalized spacial score (nSPS) is 13.0. The summed E-state index contributed by atoms with van der Waals surface area (Å²) < 4.78 is 5.58. The van der Waals surface area contributed by atoms with Crippen LogP contribution in [0.5, 0.6) is 0 Å². The van der Waals surface area contributed by atoms with Crippen molar-refractivity contribution in [1.29, 1.82) is 0 Å². The molecule has 10 nitrogen and oxygen atoms in total. The van der Waals surface area contributed by atoms with Crippen LogP contribution in [0.25, 0.3) is 33.5 Å². The number of nitrogens with one attached hydrogen (secondary N) is 2. The van der Waals surface area contributed by atoms with Crippen molar-refractivity contribution < 1.29 is 14.3 Å². The third-order valence-electron chi connectivity index (χ3n) is 7.14. The highest BCUT2D eigenvalue weighted by Crippen LogP contribution is 2.31. The van der Waals surface area contributed by atoms with E-state index in [1.54, 1.807) is 44.6 Å². The number of hydrogen-bond acceptors (Lipinski definition) is 7. The van der Waals surface area contributed by atoms with Crippen molar-refractivity contribution in [3.05, 3.63) is 96.7 Å². The van der Waals surface area contributed by atoms with Gasteiger partial charge in [-0.2, -0.15) is 0 Å². The topological polar surface area (TPSA) is 113 Å². The van der Waals surface area contributed by atoms with Crippen LogP contribution in [0.15, 0.2) is 91.1 Å². The number of fused-ring (bicyclic) bond motifs is 1. The number of anilines is 3. The van der Waals surface area contributed by atoms with E-state index in [4.69, 9.17) is 14.7 Å². The van der Waals surface area contributed by atoms with Gasteiger partial charge in [0.25, 0.3) is 5.91 Å². The number of ether oxygens (including phenoxy) is 1. The zero-order chi connectivity index (χ0) is 29.8. The van der Waals surface area contributed by atoms with Crippen molar-refractivity contribution in [2.24, 2.45) is 0 Å². The number of morpholine rings is 1. The van der Waals surface area contributed by atoms with Crippen LogP contribution in [0.2, 0.25) is 0 Å². The summed E-state index contributed by atoms with van der Waals surface area (Å²) >= 11 is 0. The van der Waals surface area contributed by atoms with Crippen molar-refractivity contribution in [1.82, 2.24) is 19.9 Å². The van der Waals surface area contributed by atoms with Gasteiger partial charge in [0.05, 0.1) is 24.4 Å². The molecule has 0 spiro atoms. The first kappa shape index (κ1) is 27.8. The Morgan fingerprint density at radius 2 is 1.49 bits per heavy atom. The highest BCUT2D eigenvalue weighted by Gasteiger charge is 2.19. The average Bonchev–Trinajstić information content (AvgIpc) is 3.05. The van der Waals surface area contributed by atoms with Gasteiger partial charge in [-0.15, -0.1) is 0 Å². The van der Waals surface area contributed by atoms with Gasteiger partial charge in [-0.3, -0.25) is 9.78 Å². The summed E-state index contributed by atoms with van der Waals surface area (Å²) in [5.41, 5.74) is 5.26. The van der Waals surface area contributed by atoms with E-state index >= 15 is 0 Å². The van der Waals surface area contributed by atoms with E-state index in [-0.39, 0.29) is 5.91 Å². The number of benzene rings is 3. The van der Waals surface area contributed by atoms with Crippen LogP contribution in [0, 0.1) is 0 Å². The van der Waals surface area contributed by atoms with Gasteiger partial charge in [0.15, 0.2) is 5.82 Å². The lowest BCUT2D eigenvalue weighted by Gasteiger charge is -2.29. The number of hydrogen-bond donors (Lipinski definition) is 2. The smallest absolute Gasteiger partial charge is 0.323 e. The lowest BCUT2D eigenvalue weighted by molar-refractivity contribution is 0.0827. The van der Waals surface area contributed by atoms with Crippen LogP contribution in [-0.2, 0) is 4.74 Å². The molecule has 3 amide bonds. The molecule has 0 radical (unpaired) electrons. The Morgan fingerprint density at radius 1 is 0.814 bits per heavy atom. The van der Waals surface area contributed by atoms with Gasteiger partial charge in [0.2, 0.25) is 0 Å². The summed E-state index contributed by atoms with van der Waals surface area (Å²) in [6.07, 6.45) is 1.78. The second-order valence-electron chi connectivity index (χ2n) is 10.4. The Morgan fingerprint density at radius 3 is 2.14 bits per heavy atom. The lowest BCUT2D eigenvalue weighted by Crippen LogP contribution is -2.37. The Balaban J connectivity index is 1.23. The minimum atomic E-state index is -0.391. The third kappa shape index (κ3) is 6.29. The predicted octanol–water partition coefficient (Wildman–Crippen LogP) is 5.54. The van der Waals surface area contributed by atoms with Crippen LogP contribution in [0.1, 0.15) is 10.4 Å². The highest BCUT2D eigenvalue weighted by atomic mass is 16.5. The van der Waals surface area contributed by atoms with Crippen LogP contribution >= 0.6 is 0 Å². The van der Waals surface area contributed by atoms with E-state index in [1.165, 1.54) is 4.90 Å². The summed E-state index contributed by atoms with van der Waals surface area (Å²) in [4.78, 5) is 42.9. The molecule has 3 heterocycles. The number of urea groups is 1. The van der Waals surface area contributed by atoms with E-state index in [2.05, 4.69) is 38.7 Å². The number of rotatable bonds is 6. The second kappa shape index (κ2) is 12.3. The fourth-order valence-electron chi connectivity index (χ4n) is 4.90. The third-order valence-corrected chi connectivity index (χ3v) is 7.14. The van der Waals surface area contributed by atoms with Gasteiger partial charge < -0.3 is 25.2 Å². The van der Waals surface area contributed by atoms with Crippen LogP contribution in [-0.4, -0.2) is 72.2 Å². The SMILES string of the molecule is CN(C)C(=O)c1ccc(NC(=O)Nc2ccc(-c3nc(N4CCOCC4)c4ccc(-c5ccccn5)cc4n3)cc2)cc1. The Bertz CT molecular complexity index is 1750. The van der Waals surface area contributed by atoms with E-state index in [1.807, 2.05) is 42.5 Å². The van der Waals surface area contributed by atoms with Gasteiger partial charge in [-0.1, -0.05) is 12.1 Å². The number of pyridine rings is 1. The van der Waals surface area contributed by atoms with Gasteiger partial charge >= 0.3 is 6.03 Å². The maximum atomic E-state index is 12.6. The Hall–Kier alpha value is -5.35. The first-order chi connectivity index (χ1) is 20.9. The fraction of sp³-hybridized carbons (Fsp3) is 0.182. The quantitative estimate of drug-likeness (QED) is 0.274. The molecule has 0 bridgehead atoms.